The second-order valence-corrected chi connectivity index (χ2v) is 8.74. The molecule has 2 N–H and O–H groups in total. The van der Waals surface area contributed by atoms with Crippen LogP contribution in [0.15, 0.2) is 53.7 Å². The fourth-order valence-electron chi connectivity index (χ4n) is 2.36. The summed E-state index contributed by atoms with van der Waals surface area (Å²) in [6.07, 6.45) is -3.36. The van der Waals surface area contributed by atoms with E-state index in [1.54, 1.807) is 0 Å². The number of hydrogen-bond acceptors (Lipinski definition) is 6. The predicted octanol–water partition coefficient (Wildman–Crippen LogP) is 3.94. The average Bonchev–Trinajstić information content (AvgIpc) is 3.17. The number of alkyl halides is 3. The summed E-state index contributed by atoms with van der Waals surface area (Å²) in [6.45, 7) is -0.0602. The molecule has 0 saturated carbocycles. The molecular formula is C17H12ClF3N4O3S2. The minimum absolute atomic E-state index is 0.0602. The molecule has 0 spiro atoms. The molecular weight excluding hydrogens is 465 g/mol. The zero-order valence-corrected chi connectivity index (χ0v) is 17.2. The van der Waals surface area contributed by atoms with Crippen molar-refractivity contribution < 1.29 is 26.4 Å². The van der Waals surface area contributed by atoms with Gasteiger partial charge >= 0.3 is 6.18 Å². The van der Waals surface area contributed by atoms with Crippen LogP contribution >= 0.6 is 23.1 Å². The standard InChI is InChI=1S/C17H12ClF3N4O3S2/c18-14-7-10(1-6-13(14)17(19,20)21)8-22-15(26)11-2-4-12(5-3-11)30(27,28)25-16-23-9-24-29-16/h1-7,9H,8H2,(H,22,26)(H,23,24,25). The lowest BCUT2D eigenvalue weighted by molar-refractivity contribution is -0.137. The Hall–Kier alpha value is -2.70. The van der Waals surface area contributed by atoms with Crippen molar-refractivity contribution in [2.75, 3.05) is 4.72 Å². The van der Waals surface area contributed by atoms with E-state index in [1.165, 1.54) is 36.7 Å². The van der Waals surface area contributed by atoms with Crippen LogP contribution in [0.2, 0.25) is 5.02 Å². The molecule has 158 valence electrons. The molecule has 7 nitrogen and oxygen atoms in total. The van der Waals surface area contributed by atoms with Gasteiger partial charge in [0.2, 0.25) is 5.13 Å². The molecule has 0 radical (unpaired) electrons. The first kappa shape index (κ1) is 22.0. The van der Waals surface area contributed by atoms with E-state index in [0.29, 0.717) is 5.56 Å². The van der Waals surface area contributed by atoms with Gasteiger partial charge in [0.1, 0.15) is 6.33 Å². The number of rotatable bonds is 6. The highest BCUT2D eigenvalue weighted by Crippen LogP contribution is 2.34. The average molecular weight is 477 g/mol. The lowest BCUT2D eigenvalue weighted by Crippen LogP contribution is -2.23. The van der Waals surface area contributed by atoms with E-state index in [1.807, 2.05) is 0 Å². The first-order valence-corrected chi connectivity index (χ1v) is 10.7. The Labute approximate surface area is 178 Å². The molecule has 30 heavy (non-hydrogen) atoms. The number of amides is 1. The molecule has 0 aliphatic carbocycles. The summed E-state index contributed by atoms with van der Waals surface area (Å²) in [7, 11) is -3.88. The van der Waals surface area contributed by atoms with E-state index in [2.05, 4.69) is 19.4 Å². The number of carbonyl (C=O) groups excluding carboxylic acids is 1. The van der Waals surface area contributed by atoms with Gasteiger partial charge in [-0.3, -0.25) is 9.52 Å². The van der Waals surface area contributed by atoms with Gasteiger partial charge < -0.3 is 5.32 Å². The van der Waals surface area contributed by atoms with E-state index in [4.69, 9.17) is 11.6 Å². The van der Waals surface area contributed by atoms with E-state index in [-0.39, 0.29) is 22.1 Å². The third kappa shape index (κ3) is 5.26. The van der Waals surface area contributed by atoms with Gasteiger partial charge in [0.15, 0.2) is 0 Å². The molecule has 0 saturated heterocycles. The van der Waals surface area contributed by atoms with Crippen LogP contribution in [-0.4, -0.2) is 23.7 Å². The molecule has 0 atom stereocenters. The normalized spacial score (nSPS) is 11.9. The molecule has 0 aliphatic rings. The molecule has 0 unspecified atom stereocenters. The lowest BCUT2D eigenvalue weighted by atomic mass is 10.1. The van der Waals surface area contributed by atoms with Crippen molar-refractivity contribution in [3.05, 3.63) is 70.5 Å². The first-order chi connectivity index (χ1) is 14.1. The van der Waals surface area contributed by atoms with Gasteiger partial charge in [0.25, 0.3) is 15.9 Å². The van der Waals surface area contributed by atoms with E-state index in [0.717, 1.165) is 23.7 Å². The van der Waals surface area contributed by atoms with Crippen LogP contribution in [0.3, 0.4) is 0 Å². The zero-order chi connectivity index (χ0) is 21.9. The smallest absolute Gasteiger partial charge is 0.348 e. The van der Waals surface area contributed by atoms with Crippen LogP contribution in [0.25, 0.3) is 0 Å². The molecule has 3 rings (SSSR count). The Morgan fingerprint density at radius 2 is 1.83 bits per heavy atom. The van der Waals surface area contributed by atoms with Crippen LogP contribution in [0.4, 0.5) is 18.3 Å². The van der Waals surface area contributed by atoms with Gasteiger partial charge in [0, 0.05) is 23.6 Å². The van der Waals surface area contributed by atoms with Crippen molar-refractivity contribution in [3.8, 4) is 0 Å². The number of nitrogens with one attached hydrogen (secondary N) is 2. The second kappa shape index (κ2) is 8.58. The highest BCUT2D eigenvalue weighted by Gasteiger charge is 2.33. The summed E-state index contributed by atoms with van der Waals surface area (Å²) < 4.78 is 68.6. The topological polar surface area (TPSA) is 101 Å². The Kier molecular flexibility index (Phi) is 6.29. The monoisotopic (exact) mass is 476 g/mol. The Balaban J connectivity index is 1.64. The number of halogens is 4. The number of carbonyl (C=O) groups is 1. The van der Waals surface area contributed by atoms with Gasteiger partial charge in [-0.05, 0) is 42.0 Å². The lowest BCUT2D eigenvalue weighted by Gasteiger charge is -2.11. The Morgan fingerprint density at radius 1 is 1.13 bits per heavy atom. The van der Waals surface area contributed by atoms with Crippen LogP contribution in [0.5, 0.6) is 0 Å². The molecule has 1 aromatic heterocycles. The van der Waals surface area contributed by atoms with Gasteiger partial charge in [-0.1, -0.05) is 17.7 Å². The molecule has 13 heteroatoms. The maximum absolute atomic E-state index is 12.7. The second-order valence-electron chi connectivity index (χ2n) is 5.87. The highest BCUT2D eigenvalue weighted by atomic mass is 35.5. The van der Waals surface area contributed by atoms with Gasteiger partial charge in [-0.2, -0.15) is 17.5 Å². The minimum atomic E-state index is -4.56. The van der Waals surface area contributed by atoms with E-state index >= 15 is 0 Å². The molecule has 0 bridgehead atoms. The molecule has 0 aliphatic heterocycles. The van der Waals surface area contributed by atoms with Crippen LogP contribution in [0.1, 0.15) is 21.5 Å². The molecule has 0 fully saturated rings. The summed E-state index contributed by atoms with van der Waals surface area (Å²) in [4.78, 5) is 15.9. The SMILES string of the molecule is O=C(NCc1ccc(C(F)(F)F)c(Cl)c1)c1ccc(S(=O)(=O)Nc2ncns2)cc1. The predicted molar refractivity (Wildman–Crippen MR) is 105 cm³/mol. The van der Waals surface area contributed by atoms with Crippen molar-refractivity contribution in [2.24, 2.45) is 0 Å². The van der Waals surface area contributed by atoms with Crippen molar-refractivity contribution in [3.63, 3.8) is 0 Å². The Morgan fingerprint density at radius 3 is 2.40 bits per heavy atom. The zero-order valence-electron chi connectivity index (χ0n) is 14.8. The van der Waals surface area contributed by atoms with Crippen molar-refractivity contribution >= 4 is 44.2 Å². The molecule has 2 aromatic carbocycles. The number of aromatic nitrogens is 2. The van der Waals surface area contributed by atoms with Crippen LogP contribution < -0.4 is 10.0 Å². The fraction of sp³-hybridized carbons (Fsp3) is 0.118. The molecule has 1 heterocycles. The van der Waals surface area contributed by atoms with E-state index in [9.17, 15) is 26.4 Å². The third-order valence-corrected chi connectivity index (χ3v) is 6.18. The summed E-state index contributed by atoms with van der Waals surface area (Å²) in [5.41, 5.74) is -0.414. The summed E-state index contributed by atoms with van der Waals surface area (Å²) >= 11 is 6.53. The third-order valence-electron chi connectivity index (χ3n) is 3.80. The largest absolute Gasteiger partial charge is 0.417 e. The van der Waals surface area contributed by atoms with E-state index < -0.39 is 32.7 Å². The fourth-order valence-corrected chi connectivity index (χ4v) is 4.33. The van der Waals surface area contributed by atoms with Crippen LogP contribution in [-0.2, 0) is 22.7 Å². The summed E-state index contributed by atoms with van der Waals surface area (Å²) in [6, 6.07) is 8.28. The van der Waals surface area contributed by atoms with Gasteiger partial charge in [0.05, 0.1) is 15.5 Å². The van der Waals surface area contributed by atoms with Gasteiger partial charge in [-0.15, -0.1) is 0 Å². The van der Waals surface area contributed by atoms with Crippen molar-refractivity contribution in [1.29, 1.82) is 0 Å². The summed E-state index contributed by atoms with van der Waals surface area (Å²) in [5, 5.41) is 2.17. The summed E-state index contributed by atoms with van der Waals surface area (Å²) in [5.74, 6) is -0.535. The molecule has 3 aromatic rings. The minimum Gasteiger partial charge on any atom is -0.348 e. The van der Waals surface area contributed by atoms with Crippen molar-refractivity contribution in [1.82, 2.24) is 14.7 Å². The number of benzene rings is 2. The maximum Gasteiger partial charge on any atom is 0.417 e. The first-order valence-electron chi connectivity index (χ1n) is 8.09. The van der Waals surface area contributed by atoms with Gasteiger partial charge in [-0.25, -0.2) is 13.4 Å². The Bertz CT molecular complexity index is 1150. The number of nitrogens with zero attached hydrogens (tertiary/aromatic N) is 2. The van der Waals surface area contributed by atoms with Crippen LogP contribution in [0, 0.1) is 0 Å². The number of sulfonamides is 1. The maximum atomic E-state index is 12.7. The molecule has 1 amide bonds. The number of anilines is 1. The number of hydrogen-bond donors (Lipinski definition) is 2. The highest BCUT2D eigenvalue weighted by molar-refractivity contribution is 7.93. The quantitative estimate of drug-likeness (QED) is 0.561. The van der Waals surface area contributed by atoms with Crippen molar-refractivity contribution in [2.45, 2.75) is 17.6 Å².